The van der Waals surface area contributed by atoms with Crippen LogP contribution in [0.1, 0.15) is 0 Å². The smallest absolute Gasteiger partial charge is 0.508 e. The van der Waals surface area contributed by atoms with Gasteiger partial charge in [-0.1, -0.05) is 0 Å². The topological polar surface area (TPSA) is 105 Å². The van der Waals surface area contributed by atoms with Gasteiger partial charge in [-0.05, 0) is 72.8 Å². The number of hydrogen-bond donors (Lipinski definition) is 3. The van der Waals surface area contributed by atoms with Crippen LogP contribution in [0.3, 0.4) is 0 Å². The lowest BCUT2D eigenvalue weighted by atomic mass is 10.3. The predicted molar refractivity (Wildman–Crippen MR) is 93.8 cm³/mol. The second-order valence-electron chi connectivity index (χ2n) is 5.20. The van der Waals surface area contributed by atoms with E-state index in [1.54, 1.807) is 0 Å². The second-order valence-corrected chi connectivity index (χ2v) is 6.64. The van der Waals surface area contributed by atoms with Crippen molar-refractivity contribution in [3.05, 3.63) is 72.8 Å². The van der Waals surface area contributed by atoms with Gasteiger partial charge in [-0.15, -0.1) is 0 Å². The van der Waals surface area contributed by atoms with E-state index in [9.17, 15) is 19.9 Å². The maximum atomic E-state index is 13.1. The highest BCUT2D eigenvalue weighted by atomic mass is 31.2. The summed E-state index contributed by atoms with van der Waals surface area (Å²) in [5.41, 5.74) is 0. The molecule has 0 saturated heterocycles. The summed E-state index contributed by atoms with van der Waals surface area (Å²) in [6, 6.07) is 16.6. The molecule has 3 aromatic carbocycles. The van der Waals surface area contributed by atoms with E-state index in [0.29, 0.717) is 0 Å². The monoisotopic (exact) mass is 374 g/mol. The van der Waals surface area contributed by atoms with Gasteiger partial charge in [0.05, 0.1) is 0 Å². The molecule has 0 atom stereocenters. The molecule has 0 aliphatic heterocycles. The molecule has 0 bridgehead atoms. The van der Waals surface area contributed by atoms with Gasteiger partial charge in [0.2, 0.25) is 0 Å². The Balaban J connectivity index is 1.88. The van der Waals surface area contributed by atoms with Crippen LogP contribution in [-0.2, 0) is 4.57 Å². The van der Waals surface area contributed by atoms with Gasteiger partial charge in [0.25, 0.3) is 0 Å². The van der Waals surface area contributed by atoms with Crippen molar-refractivity contribution < 1.29 is 33.5 Å². The zero-order valence-electron chi connectivity index (χ0n) is 13.4. The standard InChI is InChI=1S/C18H15O7P/c19-13-1-7-16(8-2-13)23-26(22,24-17-9-3-14(20)4-10-17)25-18-11-5-15(21)6-12-18/h1-12,19-21H. The number of phenols is 3. The highest BCUT2D eigenvalue weighted by Gasteiger charge is 2.33. The first kappa shape index (κ1) is 17.5. The van der Waals surface area contributed by atoms with Gasteiger partial charge < -0.3 is 28.9 Å². The average Bonchev–Trinajstić information content (AvgIpc) is 2.61. The molecule has 0 aromatic heterocycles. The fraction of sp³-hybridized carbons (Fsp3) is 0. The van der Waals surface area contributed by atoms with Crippen molar-refractivity contribution in [1.82, 2.24) is 0 Å². The molecule has 3 aromatic rings. The Hall–Kier alpha value is -3.31. The van der Waals surface area contributed by atoms with Crippen molar-refractivity contribution in [2.75, 3.05) is 0 Å². The van der Waals surface area contributed by atoms with Crippen molar-refractivity contribution in [2.24, 2.45) is 0 Å². The lowest BCUT2D eigenvalue weighted by molar-refractivity contribution is 0.298. The molecule has 0 heterocycles. The van der Waals surface area contributed by atoms with E-state index in [0.717, 1.165) is 0 Å². The molecule has 26 heavy (non-hydrogen) atoms. The molecule has 0 fully saturated rings. The number of hydrogen-bond acceptors (Lipinski definition) is 7. The second kappa shape index (κ2) is 7.29. The minimum Gasteiger partial charge on any atom is -0.508 e. The third kappa shape index (κ3) is 4.62. The van der Waals surface area contributed by atoms with Gasteiger partial charge in [-0.2, -0.15) is 4.57 Å². The SMILES string of the molecule is O=P(Oc1ccc(O)cc1)(Oc1ccc(O)cc1)Oc1ccc(O)cc1. The quantitative estimate of drug-likeness (QED) is 0.548. The largest absolute Gasteiger partial charge is 0.647 e. The number of phenolic OH excluding ortho intramolecular Hbond substituents is 3. The summed E-state index contributed by atoms with van der Waals surface area (Å²) in [5, 5.41) is 28.0. The number of phosphoric acid groups is 1. The van der Waals surface area contributed by atoms with Crippen molar-refractivity contribution >= 4 is 7.82 Å². The Bertz CT molecular complexity index is 783. The fourth-order valence-electron chi connectivity index (χ4n) is 1.96. The number of rotatable bonds is 6. The van der Waals surface area contributed by atoms with Gasteiger partial charge in [0, 0.05) is 0 Å². The maximum Gasteiger partial charge on any atom is 0.647 e. The Morgan fingerprint density at radius 1 is 0.500 bits per heavy atom. The Morgan fingerprint density at radius 2 is 0.731 bits per heavy atom. The van der Waals surface area contributed by atoms with Gasteiger partial charge in [0.1, 0.15) is 34.5 Å². The van der Waals surface area contributed by atoms with E-state index in [-0.39, 0.29) is 34.5 Å². The zero-order valence-corrected chi connectivity index (χ0v) is 14.2. The lowest BCUT2D eigenvalue weighted by Crippen LogP contribution is -2.07. The van der Waals surface area contributed by atoms with Crippen LogP contribution in [0.4, 0.5) is 0 Å². The first-order valence-corrected chi connectivity index (χ1v) is 8.94. The van der Waals surface area contributed by atoms with E-state index in [1.807, 2.05) is 0 Å². The molecule has 0 aliphatic carbocycles. The van der Waals surface area contributed by atoms with Crippen LogP contribution < -0.4 is 13.6 Å². The van der Waals surface area contributed by atoms with Crippen molar-refractivity contribution in [3.63, 3.8) is 0 Å². The predicted octanol–water partition coefficient (Wildman–Crippen LogP) is 4.45. The molecule has 3 rings (SSSR count). The van der Waals surface area contributed by atoms with Gasteiger partial charge in [0.15, 0.2) is 0 Å². The van der Waals surface area contributed by atoms with Crippen LogP contribution in [0.5, 0.6) is 34.5 Å². The summed E-state index contributed by atoms with van der Waals surface area (Å²) < 4.78 is 29.3. The summed E-state index contributed by atoms with van der Waals surface area (Å²) in [6.07, 6.45) is 0. The van der Waals surface area contributed by atoms with Gasteiger partial charge in [-0.25, -0.2) is 0 Å². The van der Waals surface area contributed by atoms with Crippen LogP contribution in [0, 0.1) is 0 Å². The molecule has 0 radical (unpaired) electrons. The summed E-state index contributed by atoms with van der Waals surface area (Å²) >= 11 is 0. The molecule has 7 nitrogen and oxygen atoms in total. The molecule has 0 amide bonds. The first-order chi connectivity index (χ1) is 12.4. The first-order valence-electron chi connectivity index (χ1n) is 7.48. The highest BCUT2D eigenvalue weighted by Crippen LogP contribution is 2.50. The molecule has 0 spiro atoms. The fourth-order valence-corrected chi connectivity index (χ4v) is 3.22. The average molecular weight is 374 g/mol. The number of aromatic hydroxyl groups is 3. The normalized spacial score (nSPS) is 10.9. The highest BCUT2D eigenvalue weighted by molar-refractivity contribution is 7.49. The van der Waals surface area contributed by atoms with Gasteiger partial charge in [-0.3, -0.25) is 0 Å². The number of benzene rings is 3. The lowest BCUT2D eigenvalue weighted by Gasteiger charge is -2.19. The Morgan fingerprint density at radius 3 is 0.962 bits per heavy atom. The van der Waals surface area contributed by atoms with Gasteiger partial charge >= 0.3 is 7.82 Å². The molecule has 0 saturated carbocycles. The van der Waals surface area contributed by atoms with Crippen LogP contribution >= 0.6 is 7.82 Å². The zero-order chi connectivity index (χ0) is 18.6. The molecule has 134 valence electrons. The van der Waals surface area contributed by atoms with E-state index in [4.69, 9.17) is 13.6 Å². The molecule has 0 unspecified atom stereocenters. The molecular weight excluding hydrogens is 359 g/mol. The van der Waals surface area contributed by atoms with Crippen LogP contribution in [0.25, 0.3) is 0 Å². The minimum atomic E-state index is -4.18. The third-order valence-corrected chi connectivity index (χ3v) is 4.47. The van der Waals surface area contributed by atoms with Crippen molar-refractivity contribution in [2.45, 2.75) is 0 Å². The number of phosphoric ester groups is 1. The van der Waals surface area contributed by atoms with Crippen LogP contribution in [0.15, 0.2) is 72.8 Å². The van der Waals surface area contributed by atoms with E-state index in [1.165, 1.54) is 72.8 Å². The molecule has 8 heteroatoms. The van der Waals surface area contributed by atoms with E-state index in [2.05, 4.69) is 0 Å². The molecular formula is C18H15O7P. The minimum absolute atomic E-state index is 0.0195. The van der Waals surface area contributed by atoms with Crippen LogP contribution in [-0.4, -0.2) is 15.3 Å². The van der Waals surface area contributed by atoms with Crippen molar-refractivity contribution in [1.29, 1.82) is 0 Å². The maximum absolute atomic E-state index is 13.1. The summed E-state index contributed by atoms with van der Waals surface area (Å²) in [7, 11) is -4.18. The molecule has 0 aliphatic rings. The third-order valence-electron chi connectivity index (χ3n) is 3.16. The van der Waals surface area contributed by atoms with E-state index >= 15 is 0 Å². The molecule has 3 N–H and O–H groups in total. The Labute approximate surface area is 149 Å². The summed E-state index contributed by atoms with van der Waals surface area (Å²) in [4.78, 5) is 0. The summed E-state index contributed by atoms with van der Waals surface area (Å²) in [6.45, 7) is 0. The van der Waals surface area contributed by atoms with Crippen LogP contribution in [0.2, 0.25) is 0 Å². The Kier molecular flexibility index (Phi) is 4.91. The van der Waals surface area contributed by atoms with E-state index < -0.39 is 7.82 Å². The summed E-state index contributed by atoms with van der Waals surface area (Å²) in [5.74, 6) is 0.527. The van der Waals surface area contributed by atoms with Crippen molar-refractivity contribution in [3.8, 4) is 34.5 Å².